The summed E-state index contributed by atoms with van der Waals surface area (Å²) in [7, 11) is 0. The van der Waals surface area contributed by atoms with E-state index in [4.69, 9.17) is 0 Å². The SMILES string of the molecule is CCCCNc1nc(-c2ccc[nH]c2=O)cs1. The fraction of sp³-hybridized carbons (Fsp3) is 0.333. The largest absolute Gasteiger partial charge is 0.362 e. The number of aromatic nitrogens is 2. The Balaban J connectivity index is 2.13. The van der Waals surface area contributed by atoms with Gasteiger partial charge >= 0.3 is 0 Å². The second kappa shape index (κ2) is 5.63. The van der Waals surface area contributed by atoms with Gasteiger partial charge < -0.3 is 10.3 Å². The van der Waals surface area contributed by atoms with Gasteiger partial charge in [0.05, 0.1) is 11.3 Å². The highest BCUT2D eigenvalue weighted by Gasteiger charge is 2.06. The van der Waals surface area contributed by atoms with Crippen LogP contribution in [0, 0.1) is 0 Å². The number of hydrogen-bond acceptors (Lipinski definition) is 4. The number of unbranched alkanes of at least 4 members (excludes halogenated alkanes) is 1. The summed E-state index contributed by atoms with van der Waals surface area (Å²) in [5.74, 6) is 0. The molecule has 0 fully saturated rings. The van der Waals surface area contributed by atoms with E-state index in [1.54, 1.807) is 18.3 Å². The third-order valence-electron chi connectivity index (χ3n) is 2.40. The number of nitrogens with one attached hydrogen (secondary N) is 2. The van der Waals surface area contributed by atoms with Crippen LogP contribution in [0.3, 0.4) is 0 Å². The maximum atomic E-state index is 11.6. The summed E-state index contributed by atoms with van der Waals surface area (Å²) >= 11 is 1.53. The Kier molecular flexibility index (Phi) is 3.93. The van der Waals surface area contributed by atoms with Crippen molar-refractivity contribution < 1.29 is 0 Å². The second-order valence-corrected chi connectivity index (χ2v) is 4.59. The Morgan fingerprint density at radius 2 is 2.41 bits per heavy atom. The molecule has 5 heteroatoms. The fourth-order valence-electron chi connectivity index (χ4n) is 1.47. The minimum atomic E-state index is -0.0992. The van der Waals surface area contributed by atoms with Gasteiger partial charge in [-0.1, -0.05) is 13.3 Å². The van der Waals surface area contributed by atoms with Gasteiger partial charge in [0.2, 0.25) is 0 Å². The summed E-state index contributed by atoms with van der Waals surface area (Å²) in [5.41, 5.74) is 1.25. The van der Waals surface area contributed by atoms with Gasteiger partial charge in [-0.15, -0.1) is 11.3 Å². The molecule has 2 aromatic rings. The zero-order valence-corrected chi connectivity index (χ0v) is 10.5. The van der Waals surface area contributed by atoms with E-state index in [9.17, 15) is 4.79 Å². The molecule has 0 aliphatic carbocycles. The topological polar surface area (TPSA) is 57.8 Å². The minimum absolute atomic E-state index is 0.0992. The molecule has 0 atom stereocenters. The number of hydrogen-bond donors (Lipinski definition) is 2. The number of H-pyrrole nitrogens is 1. The molecule has 2 N–H and O–H groups in total. The summed E-state index contributed by atoms with van der Waals surface area (Å²) in [5, 5.41) is 6.02. The van der Waals surface area contributed by atoms with Gasteiger partial charge in [0.1, 0.15) is 0 Å². The first kappa shape index (κ1) is 11.9. The maximum absolute atomic E-state index is 11.6. The normalized spacial score (nSPS) is 10.4. The first-order valence-corrected chi connectivity index (χ1v) is 6.56. The van der Waals surface area contributed by atoms with Crippen molar-refractivity contribution in [2.24, 2.45) is 0 Å². The summed E-state index contributed by atoms with van der Waals surface area (Å²) in [4.78, 5) is 18.6. The Morgan fingerprint density at radius 1 is 1.53 bits per heavy atom. The highest BCUT2D eigenvalue weighted by molar-refractivity contribution is 7.14. The van der Waals surface area contributed by atoms with Crippen LogP contribution in [-0.4, -0.2) is 16.5 Å². The van der Waals surface area contributed by atoms with Gasteiger partial charge in [0.25, 0.3) is 5.56 Å². The van der Waals surface area contributed by atoms with Crippen molar-refractivity contribution in [3.05, 3.63) is 34.1 Å². The standard InChI is InChI=1S/C12H15N3OS/c1-2-3-6-14-12-15-10(8-17-12)9-5-4-7-13-11(9)16/h4-5,7-8H,2-3,6H2,1H3,(H,13,16)(H,14,15). The molecule has 0 aliphatic heterocycles. The molecule has 0 radical (unpaired) electrons. The maximum Gasteiger partial charge on any atom is 0.257 e. The number of pyridine rings is 1. The summed E-state index contributed by atoms with van der Waals surface area (Å²) < 4.78 is 0. The molecule has 0 aromatic carbocycles. The molecule has 2 heterocycles. The smallest absolute Gasteiger partial charge is 0.257 e. The molecule has 0 unspecified atom stereocenters. The number of aromatic amines is 1. The number of rotatable bonds is 5. The molecular weight excluding hydrogens is 234 g/mol. The predicted molar refractivity (Wildman–Crippen MR) is 71.6 cm³/mol. The van der Waals surface area contributed by atoms with E-state index in [0.717, 1.165) is 30.2 Å². The molecule has 0 saturated carbocycles. The zero-order valence-electron chi connectivity index (χ0n) is 9.69. The van der Waals surface area contributed by atoms with E-state index in [0.29, 0.717) is 5.56 Å². The monoisotopic (exact) mass is 249 g/mol. The van der Waals surface area contributed by atoms with Crippen LogP contribution in [0.1, 0.15) is 19.8 Å². The molecule has 0 saturated heterocycles. The van der Waals surface area contributed by atoms with Crippen LogP contribution in [0.25, 0.3) is 11.3 Å². The highest BCUT2D eigenvalue weighted by atomic mass is 32.1. The Morgan fingerprint density at radius 3 is 3.18 bits per heavy atom. The summed E-state index contributed by atoms with van der Waals surface area (Å²) in [6, 6.07) is 3.59. The Labute approximate surface area is 104 Å². The van der Waals surface area contributed by atoms with Crippen LogP contribution in [0.4, 0.5) is 5.13 Å². The van der Waals surface area contributed by atoms with Crippen molar-refractivity contribution in [3.63, 3.8) is 0 Å². The van der Waals surface area contributed by atoms with Crippen molar-refractivity contribution in [1.29, 1.82) is 0 Å². The molecule has 0 amide bonds. The molecule has 2 aromatic heterocycles. The lowest BCUT2D eigenvalue weighted by atomic mass is 10.2. The highest BCUT2D eigenvalue weighted by Crippen LogP contribution is 2.22. The minimum Gasteiger partial charge on any atom is -0.362 e. The van der Waals surface area contributed by atoms with Crippen LogP contribution < -0.4 is 10.9 Å². The first-order valence-electron chi connectivity index (χ1n) is 5.68. The number of nitrogens with zero attached hydrogens (tertiary/aromatic N) is 1. The van der Waals surface area contributed by atoms with Crippen molar-refractivity contribution >= 4 is 16.5 Å². The van der Waals surface area contributed by atoms with Crippen LogP contribution in [0.2, 0.25) is 0 Å². The van der Waals surface area contributed by atoms with Gasteiger partial charge in [0, 0.05) is 18.1 Å². The fourth-order valence-corrected chi connectivity index (χ4v) is 2.21. The molecule has 0 spiro atoms. The van der Waals surface area contributed by atoms with Crippen molar-refractivity contribution in [3.8, 4) is 11.3 Å². The average Bonchev–Trinajstić information content (AvgIpc) is 2.79. The lowest BCUT2D eigenvalue weighted by molar-refractivity contribution is 0.833. The van der Waals surface area contributed by atoms with E-state index in [1.165, 1.54) is 11.3 Å². The Hall–Kier alpha value is -1.62. The zero-order chi connectivity index (χ0) is 12.1. The average molecular weight is 249 g/mol. The summed E-state index contributed by atoms with van der Waals surface area (Å²) in [6.45, 7) is 3.08. The van der Waals surface area contributed by atoms with E-state index in [-0.39, 0.29) is 5.56 Å². The number of thiazole rings is 1. The van der Waals surface area contributed by atoms with Crippen LogP contribution >= 0.6 is 11.3 Å². The molecular formula is C12H15N3OS. The summed E-state index contributed by atoms with van der Waals surface area (Å²) in [6.07, 6.45) is 3.91. The third kappa shape index (κ3) is 2.94. The van der Waals surface area contributed by atoms with Gasteiger partial charge in [-0.3, -0.25) is 4.79 Å². The van der Waals surface area contributed by atoms with E-state index >= 15 is 0 Å². The molecule has 4 nitrogen and oxygen atoms in total. The quantitative estimate of drug-likeness (QED) is 0.801. The molecule has 17 heavy (non-hydrogen) atoms. The van der Waals surface area contributed by atoms with E-state index < -0.39 is 0 Å². The van der Waals surface area contributed by atoms with Crippen molar-refractivity contribution in [1.82, 2.24) is 9.97 Å². The molecule has 0 bridgehead atoms. The number of anilines is 1. The Bertz CT molecular complexity index is 532. The van der Waals surface area contributed by atoms with Gasteiger partial charge in [0.15, 0.2) is 5.13 Å². The van der Waals surface area contributed by atoms with Gasteiger partial charge in [-0.25, -0.2) is 4.98 Å². The van der Waals surface area contributed by atoms with Gasteiger partial charge in [-0.05, 0) is 18.6 Å². The molecule has 90 valence electrons. The molecule has 0 aliphatic rings. The predicted octanol–water partition coefficient (Wildman–Crippen LogP) is 2.71. The van der Waals surface area contributed by atoms with Crippen LogP contribution in [0.5, 0.6) is 0 Å². The van der Waals surface area contributed by atoms with Crippen LogP contribution in [0.15, 0.2) is 28.5 Å². The molecule has 2 rings (SSSR count). The lowest BCUT2D eigenvalue weighted by Crippen LogP contribution is -2.07. The van der Waals surface area contributed by atoms with E-state index in [2.05, 4.69) is 22.2 Å². The lowest BCUT2D eigenvalue weighted by Gasteiger charge is -1.99. The second-order valence-electron chi connectivity index (χ2n) is 3.73. The third-order valence-corrected chi connectivity index (χ3v) is 3.20. The first-order chi connectivity index (χ1) is 8.31. The van der Waals surface area contributed by atoms with Crippen molar-refractivity contribution in [2.75, 3.05) is 11.9 Å². The van der Waals surface area contributed by atoms with Crippen molar-refractivity contribution in [2.45, 2.75) is 19.8 Å². The van der Waals surface area contributed by atoms with Gasteiger partial charge in [-0.2, -0.15) is 0 Å². The van der Waals surface area contributed by atoms with Crippen LogP contribution in [-0.2, 0) is 0 Å². The van der Waals surface area contributed by atoms with E-state index in [1.807, 2.05) is 5.38 Å².